The zero-order chi connectivity index (χ0) is 11.5. The van der Waals surface area contributed by atoms with Gasteiger partial charge < -0.3 is 5.11 Å². The minimum atomic E-state index is -0.405. The molecule has 0 saturated heterocycles. The molecule has 0 radical (unpaired) electrons. The van der Waals surface area contributed by atoms with Crippen molar-refractivity contribution in [3.05, 3.63) is 28.3 Å². The number of aliphatic hydroxyl groups is 1. The molecule has 86 valence electrons. The van der Waals surface area contributed by atoms with Crippen LogP contribution in [0, 0.1) is 0 Å². The molecule has 1 atom stereocenters. The van der Waals surface area contributed by atoms with Gasteiger partial charge in [-0.15, -0.1) is 0 Å². The van der Waals surface area contributed by atoms with Gasteiger partial charge in [-0.1, -0.05) is 13.3 Å². The van der Waals surface area contributed by atoms with Crippen molar-refractivity contribution in [2.24, 2.45) is 0 Å². The van der Waals surface area contributed by atoms with Gasteiger partial charge in [-0.2, -0.15) is 14.7 Å². The first kappa shape index (κ1) is 10.8. The number of aromatic amines is 1. The summed E-state index contributed by atoms with van der Waals surface area (Å²) >= 11 is 0. The highest BCUT2D eigenvalue weighted by Gasteiger charge is 2.07. The van der Waals surface area contributed by atoms with Crippen molar-refractivity contribution < 1.29 is 5.11 Å². The number of nitrogens with one attached hydrogen (secondary N) is 1. The quantitative estimate of drug-likeness (QED) is 0.769. The Morgan fingerprint density at radius 3 is 3.12 bits per heavy atom. The van der Waals surface area contributed by atoms with Gasteiger partial charge in [0.1, 0.15) is 0 Å². The molecule has 0 saturated carbocycles. The van der Waals surface area contributed by atoms with E-state index in [1.54, 1.807) is 12.1 Å². The number of hydrogen-bond donors (Lipinski definition) is 2. The van der Waals surface area contributed by atoms with Crippen LogP contribution in [0.5, 0.6) is 0 Å². The Bertz CT molecular complexity index is 531. The van der Waals surface area contributed by atoms with Crippen LogP contribution < -0.4 is 5.69 Å². The molecule has 2 rings (SSSR count). The van der Waals surface area contributed by atoms with Gasteiger partial charge in [-0.25, -0.2) is 9.89 Å². The molecular weight excluding hydrogens is 208 g/mol. The standard InChI is InChI=1S/C10H14N4O2/c1-2-3-8(15)6-7-4-5-9-11-12-10(16)14(9)13-7/h4-5,8,15H,2-3,6H2,1H3,(H,12,16). The van der Waals surface area contributed by atoms with Gasteiger partial charge in [0, 0.05) is 6.42 Å². The molecule has 0 aliphatic heterocycles. The lowest BCUT2D eigenvalue weighted by molar-refractivity contribution is 0.162. The molecule has 0 spiro atoms. The summed E-state index contributed by atoms with van der Waals surface area (Å²) in [5.41, 5.74) is 0.817. The van der Waals surface area contributed by atoms with Crippen molar-refractivity contribution in [2.45, 2.75) is 32.3 Å². The zero-order valence-corrected chi connectivity index (χ0v) is 9.05. The Kier molecular flexibility index (Phi) is 3.00. The Balaban J connectivity index is 2.25. The smallest absolute Gasteiger partial charge is 0.364 e. The first-order chi connectivity index (χ1) is 7.70. The lowest BCUT2D eigenvalue weighted by Gasteiger charge is -2.07. The van der Waals surface area contributed by atoms with E-state index in [0.717, 1.165) is 12.8 Å². The molecule has 0 fully saturated rings. The predicted molar refractivity (Wildman–Crippen MR) is 58.2 cm³/mol. The molecule has 2 heterocycles. The number of aromatic nitrogens is 4. The van der Waals surface area contributed by atoms with E-state index in [0.29, 0.717) is 17.8 Å². The normalized spacial score (nSPS) is 13.1. The molecule has 0 aliphatic rings. The third kappa shape index (κ3) is 2.11. The van der Waals surface area contributed by atoms with Crippen molar-refractivity contribution in [1.82, 2.24) is 19.8 Å². The molecule has 0 amide bonds. The Morgan fingerprint density at radius 2 is 2.38 bits per heavy atom. The van der Waals surface area contributed by atoms with E-state index in [4.69, 9.17) is 0 Å². The molecule has 0 aliphatic carbocycles. The van der Waals surface area contributed by atoms with Crippen LogP contribution in [0.4, 0.5) is 0 Å². The Morgan fingerprint density at radius 1 is 1.56 bits per heavy atom. The first-order valence-electron chi connectivity index (χ1n) is 5.32. The molecule has 2 aromatic heterocycles. The van der Waals surface area contributed by atoms with Crippen LogP contribution in [-0.4, -0.2) is 31.0 Å². The molecular formula is C10H14N4O2. The average molecular weight is 222 g/mol. The van der Waals surface area contributed by atoms with Crippen molar-refractivity contribution in [2.75, 3.05) is 0 Å². The van der Waals surface area contributed by atoms with Crippen LogP contribution >= 0.6 is 0 Å². The highest BCUT2D eigenvalue weighted by atomic mass is 16.3. The summed E-state index contributed by atoms with van der Waals surface area (Å²) in [7, 11) is 0. The maximum atomic E-state index is 11.3. The maximum absolute atomic E-state index is 11.3. The fraction of sp³-hybridized carbons (Fsp3) is 0.500. The summed E-state index contributed by atoms with van der Waals surface area (Å²) in [4.78, 5) is 11.3. The van der Waals surface area contributed by atoms with Gasteiger partial charge in [0.05, 0.1) is 11.8 Å². The second kappa shape index (κ2) is 4.44. The van der Waals surface area contributed by atoms with E-state index >= 15 is 0 Å². The molecule has 2 aromatic rings. The maximum Gasteiger partial charge on any atom is 0.364 e. The summed E-state index contributed by atoms with van der Waals surface area (Å²) in [6.07, 6.45) is 1.72. The molecule has 0 bridgehead atoms. The van der Waals surface area contributed by atoms with E-state index in [1.165, 1.54) is 4.52 Å². The van der Waals surface area contributed by atoms with Crippen LogP contribution in [0.2, 0.25) is 0 Å². The van der Waals surface area contributed by atoms with Gasteiger partial charge in [0.15, 0.2) is 5.65 Å². The zero-order valence-electron chi connectivity index (χ0n) is 9.05. The summed E-state index contributed by atoms with van der Waals surface area (Å²) in [5.74, 6) is 0. The third-order valence-electron chi connectivity index (χ3n) is 2.40. The lowest BCUT2D eigenvalue weighted by Crippen LogP contribution is -2.16. The predicted octanol–water partition coefficient (Wildman–Crippen LogP) is 0.121. The van der Waals surface area contributed by atoms with Crippen molar-refractivity contribution in [3.63, 3.8) is 0 Å². The minimum Gasteiger partial charge on any atom is -0.393 e. The van der Waals surface area contributed by atoms with E-state index < -0.39 is 6.10 Å². The second-order valence-corrected chi connectivity index (χ2v) is 3.77. The number of aliphatic hydroxyl groups excluding tert-OH is 1. The van der Waals surface area contributed by atoms with Crippen LogP contribution in [0.3, 0.4) is 0 Å². The van der Waals surface area contributed by atoms with Crippen molar-refractivity contribution in [1.29, 1.82) is 0 Å². The molecule has 16 heavy (non-hydrogen) atoms. The minimum absolute atomic E-state index is 0.359. The number of rotatable bonds is 4. The summed E-state index contributed by atoms with van der Waals surface area (Å²) in [6, 6.07) is 3.48. The van der Waals surface area contributed by atoms with Gasteiger partial charge >= 0.3 is 5.69 Å². The van der Waals surface area contributed by atoms with E-state index in [2.05, 4.69) is 15.3 Å². The van der Waals surface area contributed by atoms with E-state index in [1.807, 2.05) is 6.92 Å². The number of H-pyrrole nitrogens is 1. The molecule has 6 nitrogen and oxygen atoms in total. The topological polar surface area (TPSA) is 83.3 Å². The number of hydrogen-bond acceptors (Lipinski definition) is 4. The van der Waals surface area contributed by atoms with Gasteiger partial charge in [-0.3, -0.25) is 0 Å². The highest BCUT2D eigenvalue weighted by molar-refractivity contribution is 5.34. The van der Waals surface area contributed by atoms with Crippen LogP contribution in [0.1, 0.15) is 25.5 Å². The van der Waals surface area contributed by atoms with Crippen molar-refractivity contribution >= 4 is 5.65 Å². The molecule has 6 heteroatoms. The van der Waals surface area contributed by atoms with E-state index in [9.17, 15) is 9.90 Å². The molecule has 2 N–H and O–H groups in total. The SMILES string of the molecule is CCCC(O)Cc1ccc2n[nH]c(=O)n2n1. The van der Waals surface area contributed by atoms with E-state index in [-0.39, 0.29) is 5.69 Å². The average Bonchev–Trinajstić information content (AvgIpc) is 2.61. The van der Waals surface area contributed by atoms with Crippen LogP contribution in [-0.2, 0) is 6.42 Å². The fourth-order valence-corrected chi connectivity index (χ4v) is 1.63. The van der Waals surface area contributed by atoms with Gasteiger partial charge in [-0.05, 0) is 18.6 Å². The third-order valence-corrected chi connectivity index (χ3v) is 2.40. The van der Waals surface area contributed by atoms with Gasteiger partial charge in [0.25, 0.3) is 0 Å². The first-order valence-corrected chi connectivity index (χ1v) is 5.32. The van der Waals surface area contributed by atoms with Crippen LogP contribution in [0.15, 0.2) is 16.9 Å². The van der Waals surface area contributed by atoms with Crippen molar-refractivity contribution in [3.8, 4) is 0 Å². The Hall–Kier alpha value is -1.69. The lowest BCUT2D eigenvalue weighted by atomic mass is 10.1. The fourth-order valence-electron chi connectivity index (χ4n) is 1.63. The van der Waals surface area contributed by atoms with Gasteiger partial charge in [0.2, 0.25) is 0 Å². The monoisotopic (exact) mass is 222 g/mol. The largest absolute Gasteiger partial charge is 0.393 e. The molecule has 0 aromatic carbocycles. The highest BCUT2D eigenvalue weighted by Crippen LogP contribution is 2.05. The molecule has 1 unspecified atom stereocenters. The number of fused-ring (bicyclic) bond motifs is 1. The summed E-state index contributed by atoms with van der Waals surface area (Å²) < 4.78 is 1.20. The number of nitrogens with zero attached hydrogens (tertiary/aromatic N) is 3. The van der Waals surface area contributed by atoms with Crippen LogP contribution in [0.25, 0.3) is 5.65 Å². The summed E-state index contributed by atoms with van der Waals surface area (Å²) in [6.45, 7) is 2.01. The summed E-state index contributed by atoms with van der Waals surface area (Å²) in [5, 5.41) is 19.8. The Labute approximate surface area is 91.9 Å². The second-order valence-electron chi connectivity index (χ2n) is 3.77.